The van der Waals surface area contributed by atoms with E-state index in [4.69, 9.17) is 0 Å². The van der Waals surface area contributed by atoms with Crippen LogP contribution in [-0.2, 0) is 0 Å². The Hall–Kier alpha value is -6.44. The lowest BCUT2D eigenvalue weighted by Gasteiger charge is -2.35. The zero-order valence-corrected chi connectivity index (χ0v) is 33.3. The van der Waals surface area contributed by atoms with E-state index in [9.17, 15) is 0 Å². The first-order chi connectivity index (χ1) is 28.7. The van der Waals surface area contributed by atoms with Crippen molar-refractivity contribution in [2.45, 2.75) is 0 Å². The van der Waals surface area contributed by atoms with E-state index in [1.54, 1.807) is 0 Å². The first-order valence-electron chi connectivity index (χ1n) is 19.7. The lowest BCUT2D eigenvalue weighted by molar-refractivity contribution is 1.33. The standard InChI is InChI=1S/C52H28BN2S3/c1-2-11-29-23-42-36(22-28(29)10-1)34-15-9-16-35(50(34)54-42)39-25-40-33-14-5-8-19-46(33)58-52(40)51-49(39)53-41-27-48-38(32-13-4-7-18-45(32)57-48)26-43(41)55(51)30-20-21-47-37(24-30)31-12-3-6-17-44(31)56-47/h1-27,54H. The van der Waals surface area contributed by atoms with Crippen LogP contribution in [0.1, 0.15) is 0 Å². The molecule has 0 saturated heterocycles. The summed E-state index contributed by atoms with van der Waals surface area (Å²) in [5, 5.41) is 12.8. The maximum absolute atomic E-state index is 3.94. The van der Waals surface area contributed by atoms with Crippen LogP contribution in [0.2, 0.25) is 0 Å². The third-order valence-electron chi connectivity index (χ3n) is 12.4. The molecule has 13 aromatic rings. The Kier molecular flexibility index (Phi) is 6.32. The van der Waals surface area contributed by atoms with Crippen molar-refractivity contribution < 1.29 is 0 Å². The topological polar surface area (TPSA) is 19.0 Å². The minimum atomic E-state index is 1.16. The van der Waals surface area contributed by atoms with Crippen LogP contribution in [0.15, 0.2) is 164 Å². The summed E-state index contributed by atoms with van der Waals surface area (Å²) >= 11 is 5.68. The number of anilines is 3. The number of benzene rings is 9. The van der Waals surface area contributed by atoms with E-state index in [0.29, 0.717) is 0 Å². The van der Waals surface area contributed by atoms with Crippen molar-refractivity contribution in [2.75, 3.05) is 4.90 Å². The zero-order chi connectivity index (χ0) is 37.6. The molecule has 1 aliphatic heterocycles. The fourth-order valence-corrected chi connectivity index (χ4v) is 13.2. The highest BCUT2D eigenvalue weighted by Gasteiger charge is 2.32. The van der Waals surface area contributed by atoms with E-state index in [1.807, 2.05) is 34.0 Å². The summed E-state index contributed by atoms with van der Waals surface area (Å²) in [5.41, 5.74) is 10.9. The van der Waals surface area contributed by atoms with Crippen molar-refractivity contribution in [3.8, 4) is 11.1 Å². The van der Waals surface area contributed by atoms with E-state index in [0.717, 1.165) is 5.52 Å². The predicted molar refractivity (Wildman–Crippen MR) is 257 cm³/mol. The molecule has 6 heteroatoms. The summed E-state index contributed by atoms with van der Waals surface area (Å²) in [5.74, 6) is 0. The van der Waals surface area contributed by atoms with Crippen molar-refractivity contribution in [1.82, 2.24) is 4.98 Å². The molecule has 0 fully saturated rings. The van der Waals surface area contributed by atoms with Gasteiger partial charge in [0.1, 0.15) is 0 Å². The van der Waals surface area contributed by atoms with Crippen molar-refractivity contribution in [3.05, 3.63) is 164 Å². The fraction of sp³-hybridized carbons (Fsp3) is 0. The van der Waals surface area contributed by atoms with E-state index >= 15 is 0 Å². The molecule has 0 spiro atoms. The van der Waals surface area contributed by atoms with Gasteiger partial charge in [0.25, 0.3) is 0 Å². The number of fused-ring (bicyclic) bond motifs is 16. The molecular weight excluding hydrogens is 760 g/mol. The average molecular weight is 788 g/mol. The van der Waals surface area contributed by atoms with Crippen molar-refractivity contribution >= 4 is 162 Å². The Labute approximate surface area is 345 Å². The second kappa shape index (κ2) is 11.6. The Morgan fingerprint density at radius 2 is 1.07 bits per heavy atom. The number of aromatic amines is 1. The molecule has 267 valence electrons. The quantitative estimate of drug-likeness (QED) is 0.173. The molecule has 0 amide bonds. The molecule has 0 saturated carbocycles. The highest BCUT2D eigenvalue weighted by molar-refractivity contribution is 7.27. The lowest BCUT2D eigenvalue weighted by Crippen LogP contribution is -2.41. The third kappa shape index (κ3) is 4.32. The average Bonchev–Trinajstić information content (AvgIpc) is 4.03. The van der Waals surface area contributed by atoms with Gasteiger partial charge in [-0.05, 0) is 88.5 Å². The molecule has 2 nitrogen and oxygen atoms in total. The second-order valence-corrected chi connectivity index (χ2v) is 18.7. The van der Waals surface area contributed by atoms with Gasteiger partial charge in [-0.15, -0.1) is 34.0 Å². The summed E-state index contributed by atoms with van der Waals surface area (Å²) in [4.78, 5) is 6.54. The molecule has 5 heterocycles. The van der Waals surface area contributed by atoms with Gasteiger partial charge in [0.2, 0.25) is 0 Å². The molecule has 14 rings (SSSR count). The zero-order valence-electron chi connectivity index (χ0n) is 30.8. The molecule has 0 aliphatic carbocycles. The van der Waals surface area contributed by atoms with Gasteiger partial charge in [0.15, 0.2) is 7.28 Å². The van der Waals surface area contributed by atoms with Gasteiger partial charge >= 0.3 is 0 Å². The molecule has 4 aromatic heterocycles. The molecule has 1 N–H and O–H groups in total. The highest BCUT2D eigenvalue weighted by atomic mass is 32.1. The van der Waals surface area contributed by atoms with Gasteiger partial charge in [0, 0.05) is 89.0 Å². The smallest absolute Gasteiger partial charge is 0.198 e. The highest BCUT2D eigenvalue weighted by Crippen LogP contribution is 2.50. The van der Waals surface area contributed by atoms with Crippen LogP contribution in [0.4, 0.5) is 17.1 Å². The maximum atomic E-state index is 3.94. The van der Waals surface area contributed by atoms with E-state index in [1.165, 1.54) is 127 Å². The van der Waals surface area contributed by atoms with Gasteiger partial charge in [-0.3, -0.25) is 0 Å². The van der Waals surface area contributed by atoms with Gasteiger partial charge < -0.3 is 9.88 Å². The normalized spacial score (nSPS) is 12.9. The number of para-hydroxylation sites is 1. The van der Waals surface area contributed by atoms with Crippen LogP contribution < -0.4 is 15.8 Å². The van der Waals surface area contributed by atoms with Crippen LogP contribution in [0.3, 0.4) is 0 Å². The van der Waals surface area contributed by atoms with Crippen LogP contribution in [0, 0.1) is 0 Å². The summed E-state index contributed by atoms with van der Waals surface area (Å²) in [6.07, 6.45) is 0. The Balaban J connectivity index is 1.12. The van der Waals surface area contributed by atoms with Crippen molar-refractivity contribution in [1.29, 1.82) is 0 Å². The number of rotatable bonds is 2. The van der Waals surface area contributed by atoms with Crippen LogP contribution in [0.5, 0.6) is 0 Å². The lowest BCUT2D eigenvalue weighted by atomic mass is 9.58. The van der Waals surface area contributed by atoms with E-state index in [2.05, 4.69) is 181 Å². The minimum absolute atomic E-state index is 1.16. The van der Waals surface area contributed by atoms with Crippen LogP contribution >= 0.6 is 34.0 Å². The fourth-order valence-electron chi connectivity index (χ4n) is 9.77. The number of H-pyrrole nitrogens is 1. The monoisotopic (exact) mass is 787 g/mol. The number of hydrogen-bond acceptors (Lipinski definition) is 4. The molecule has 0 atom stereocenters. The first kappa shape index (κ1) is 31.6. The van der Waals surface area contributed by atoms with E-state index in [-0.39, 0.29) is 0 Å². The molecule has 1 radical (unpaired) electrons. The van der Waals surface area contributed by atoms with Crippen LogP contribution in [0.25, 0.3) is 104 Å². The van der Waals surface area contributed by atoms with Crippen molar-refractivity contribution in [2.24, 2.45) is 0 Å². The summed E-state index contributed by atoms with van der Waals surface area (Å²) < 4.78 is 7.88. The van der Waals surface area contributed by atoms with Gasteiger partial charge in [0.05, 0.1) is 15.9 Å². The number of nitrogens with zero attached hydrogens (tertiary/aromatic N) is 1. The van der Waals surface area contributed by atoms with Crippen LogP contribution in [-0.4, -0.2) is 12.3 Å². The molecule has 1 aliphatic rings. The predicted octanol–water partition coefficient (Wildman–Crippen LogP) is 14.7. The molecule has 0 bridgehead atoms. The summed E-state index contributed by atoms with van der Waals surface area (Å²) in [6, 6.07) is 61.3. The SMILES string of the molecule is [B]1c2cc3sc4ccccc4c3cc2N(c2ccc3sc4ccccc4c3c2)c2c1c(-c1cccc3c1[nH]c1cc4ccccc4cc13)cc1c2sc2ccccc21. The second-order valence-electron chi connectivity index (χ2n) is 15.5. The number of hydrogen-bond donors (Lipinski definition) is 1. The Bertz CT molecular complexity index is 3920. The number of thiophene rings is 3. The van der Waals surface area contributed by atoms with Crippen molar-refractivity contribution in [3.63, 3.8) is 0 Å². The Morgan fingerprint density at radius 1 is 0.431 bits per heavy atom. The maximum Gasteiger partial charge on any atom is 0.198 e. The van der Waals surface area contributed by atoms with Gasteiger partial charge in [-0.1, -0.05) is 103 Å². The van der Waals surface area contributed by atoms with E-state index < -0.39 is 0 Å². The summed E-state index contributed by atoms with van der Waals surface area (Å²) in [7, 11) is 2.48. The molecule has 9 aromatic carbocycles. The molecule has 0 unspecified atom stereocenters. The molecular formula is C52H28BN2S3. The number of nitrogens with one attached hydrogen (secondary N) is 1. The Morgan fingerprint density at radius 3 is 1.86 bits per heavy atom. The summed E-state index contributed by atoms with van der Waals surface area (Å²) in [6.45, 7) is 0. The third-order valence-corrected chi connectivity index (χ3v) is 15.9. The number of aromatic nitrogens is 1. The van der Waals surface area contributed by atoms with Gasteiger partial charge in [-0.25, -0.2) is 0 Å². The van der Waals surface area contributed by atoms with Gasteiger partial charge in [-0.2, -0.15) is 0 Å². The minimum Gasteiger partial charge on any atom is -0.354 e. The molecule has 58 heavy (non-hydrogen) atoms. The largest absolute Gasteiger partial charge is 0.354 e. The first-order valence-corrected chi connectivity index (χ1v) is 22.1.